The molecule has 0 amide bonds. The summed E-state index contributed by atoms with van der Waals surface area (Å²) in [6, 6.07) is 14.2. The molecule has 1 N–H and O–H groups in total. The van der Waals surface area contributed by atoms with Gasteiger partial charge in [0.2, 0.25) is 5.95 Å². The average molecular weight is 532 g/mol. The Morgan fingerprint density at radius 1 is 1.00 bits per heavy atom. The average Bonchev–Trinajstić information content (AvgIpc) is 3.26. The van der Waals surface area contributed by atoms with E-state index in [2.05, 4.69) is 67.3 Å². The van der Waals surface area contributed by atoms with Crippen molar-refractivity contribution in [3.63, 3.8) is 0 Å². The molecule has 0 saturated carbocycles. The van der Waals surface area contributed by atoms with Crippen molar-refractivity contribution in [1.29, 1.82) is 0 Å². The van der Waals surface area contributed by atoms with Gasteiger partial charge in [-0.2, -0.15) is 9.97 Å². The van der Waals surface area contributed by atoms with Gasteiger partial charge < -0.3 is 19.7 Å². The van der Waals surface area contributed by atoms with Crippen molar-refractivity contribution in [2.45, 2.75) is 20.8 Å². The van der Waals surface area contributed by atoms with Crippen molar-refractivity contribution in [3.05, 3.63) is 65.5 Å². The molecule has 0 unspecified atom stereocenters. The van der Waals surface area contributed by atoms with Crippen LogP contribution in [-0.4, -0.2) is 71.5 Å². The number of aryl methyl sites for hydroxylation is 2. The van der Waals surface area contributed by atoms with Crippen LogP contribution in [-0.2, 0) is 4.57 Å². The van der Waals surface area contributed by atoms with Gasteiger partial charge in [0.1, 0.15) is 13.5 Å². The Morgan fingerprint density at radius 2 is 1.68 bits per heavy atom. The van der Waals surface area contributed by atoms with Crippen LogP contribution in [0.4, 0.5) is 17.5 Å². The Labute approximate surface area is 225 Å². The van der Waals surface area contributed by atoms with Crippen molar-refractivity contribution >= 4 is 53.3 Å². The van der Waals surface area contributed by atoms with Crippen LogP contribution in [0.5, 0.6) is 0 Å². The number of imidazole rings is 1. The van der Waals surface area contributed by atoms with Crippen LogP contribution in [0.3, 0.4) is 0 Å². The van der Waals surface area contributed by atoms with Gasteiger partial charge in [-0.1, -0.05) is 18.2 Å². The third-order valence-corrected chi connectivity index (χ3v) is 8.03. The monoisotopic (exact) mass is 531 g/mol. The van der Waals surface area contributed by atoms with Gasteiger partial charge in [-0.05, 0) is 95.2 Å². The van der Waals surface area contributed by atoms with Crippen LogP contribution in [0.1, 0.15) is 23.6 Å². The number of rotatable bonds is 10. The maximum atomic E-state index is 12.6. The van der Waals surface area contributed by atoms with Crippen molar-refractivity contribution in [2.75, 3.05) is 57.3 Å². The first-order valence-electron chi connectivity index (χ1n) is 12.9. The predicted molar refractivity (Wildman–Crippen MR) is 162 cm³/mol. The molecular formula is C29H38N7OP. The number of anilines is 3. The molecule has 2 aromatic carbocycles. The SMILES string of the molecule is CCNc1nc(N(CCN(C)C)c2ccc(P(C)(C)=O)cc2)c2ncn(C=Cc3c(C)cccc3C)c2n1. The molecule has 0 fully saturated rings. The van der Waals surface area contributed by atoms with E-state index < -0.39 is 7.14 Å². The molecule has 4 rings (SSSR count). The number of likely N-dealkylation sites (N-methyl/N-ethyl adjacent to an activating group) is 1. The van der Waals surface area contributed by atoms with Crippen LogP contribution in [0.15, 0.2) is 48.8 Å². The first-order valence-corrected chi connectivity index (χ1v) is 15.5. The van der Waals surface area contributed by atoms with Crippen LogP contribution < -0.4 is 15.5 Å². The van der Waals surface area contributed by atoms with Crippen molar-refractivity contribution in [2.24, 2.45) is 0 Å². The van der Waals surface area contributed by atoms with Gasteiger partial charge in [-0.3, -0.25) is 4.57 Å². The molecule has 9 heteroatoms. The van der Waals surface area contributed by atoms with Gasteiger partial charge in [0, 0.05) is 36.8 Å². The van der Waals surface area contributed by atoms with Gasteiger partial charge >= 0.3 is 0 Å². The highest BCUT2D eigenvalue weighted by Gasteiger charge is 2.21. The topological polar surface area (TPSA) is 79.2 Å². The molecule has 0 atom stereocenters. The van der Waals surface area contributed by atoms with E-state index in [0.717, 1.165) is 34.5 Å². The van der Waals surface area contributed by atoms with Crippen molar-refractivity contribution < 1.29 is 4.57 Å². The zero-order valence-corrected chi connectivity index (χ0v) is 24.3. The normalized spacial score (nSPS) is 12.1. The summed E-state index contributed by atoms with van der Waals surface area (Å²) >= 11 is 0. The Balaban J connectivity index is 1.84. The zero-order valence-electron chi connectivity index (χ0n) is 23.4. The Bertz CT molecular complexity index is 1460. The molecule has 200 valence electrons. The van der Waals surface area contributed by atoms with E-state index in [4.69, 9.17) is 15.0 Å². The summed E-state index contributed by atoms with van der Waals surface area (Å²) in [6.45, 7) is 12.1. The van der Waals surface area contributed by atoms with Crippen molar-refractivity contribution in [3.8, 4) is 0 Å². The van der Waals surface area contributed by atoms with Gasteiger partial charge in [-0.15, -0.1) is 0 Å². The summed E-state index contributed by atoms with van der Waals surface area (Å²) in [6.07, 6.45) is 5.91. The van der Waals surface area contributed by atoms with E-state index in [1.54, 1.807) is 19.7 Å². The molecule has 38 heavy (non-hydrogen) atoms. The number of hydrogen-bond donors (Lipinski definition) is 1. The molecule has 0 radical (unpaired) electrons. The molecule has 0 spiro atoms. The lowest BCUT2D eigenvalue weighted by molar-refractivity contribution is 0.418. The maximum Gasteiger partial charge on any atom is 0.226 e. The van der Waals surface area contributed by atoms with Gasteiger partial charge in [-0.25, -0.2) is 4.98 Å². The van der Waals surface area contributed by atoms with E-state index in [0.29, 0.717) is 19.0 Å². The van der Waals surface area contributed by atoms with Crippen LogP contribution in [0.25, 0.3) is 23.4 Å². The van der Waals surface area contributed by atoms with E-state index in [1.165, 1.54) is 16.7 Å². The molecule has 0 bridgehead atoms. The quantitative estimate of drug-likeness (QED) is 0.273. The third-order valence-electron chi connectivity index (χ3n) is 6.49. The summed E-state index contributed by atoms with van der Waals surface area (Å²) in [5.41, 5.74) is 6.04. The second kappa shape index (κ2) is 11.5. The highest BCUT2D eigenvalue weighted by Crippen LogP contribution is 2.36. The van der Waals surface area contributed by atoms with E-state index >= 15 is 0 Å². The number of aromatic nitrogens is 4. The molecule has 2 aromatic heterocycles. The summed E-state index contributed by atoms with van der Waals surface area (Å²) < 4.78 is 14.6. The molecule has 2 heterocycles. The number of benzene rings is 2. The number of nitrogens with one attached hydrogen (secondary N) is 1. The molecule has 8 nitrogen and oxygen atoms in total. The minimum Gasteiger partial charge on any atom is -0.354 e. The maximum absolute atomic E-state index is 12.6. The molecule has 0 aliphatic heterocycles. The lowest BCUT2D eigenvalue weighted by atomic mass is 10.0. The predicted octanol–water partition coefficient (Wildman–Crippen LogP) is 5.45. The second-order valence-electron chi connectivity index (χ2n) is 10.2. The number of fused-ring (bicyclic) bond motifs is 1. The van der Waals surface area contributed by atoms with E-state index in [9.17, 15) is 4.57 Å². The molecule has 0 aliphatic carbocycles. The van der Waals surface area contributed by atoms with Gasteiger partial charge in [0.15, 0.2) is 17.0 Å². The summed E-state index contributed by atoms with van der Waals surface area (Å²) in [7, 11) is 1.76. The summed E-state index contributed by atoms with van der Waals surface area (Å²) in [5, 5.41) is 4.15. The molecular weight excluding hydrogens is 493 g/mol. The first-order chi connectivity index (χ1) is 18.1. The minimum absolute atomic E-state index is 0.551. The van der Waals surface area contributed by atoms with Gasteiger partial charge in [0.05, 0.1) is 0 Å². The number of nitrogens with zero attached hydrogens (tertiary/aromatic N) is 6. The van der Waals surface area contributed by atoms with Crippen LogP contribution in [0, 0.1) is 13.8 Å². The molecule has 4 aromatic rings. The van der Waals surface area contributed by atoms with E-state index in [-0.39, 0.29) is 0 Å². The Kier molecular flexibility index (Phi) is 8.34. The standard InChI is InChI=1S/C29H38N7OP/c1-8-30-29-32-27-26(31-20-35(27)17-16-25-21(2)10-9-11-22(25)3)28(33-29)36(19-18-34(4)5)23-12-14-24(15-13-23)38(6,7)37/h9-17,20H,8,18-19H2,1-7H3,(H,30,32,33). The summed E-state index contributed by atoms with van der Waals surface area (Å²) in [5.74, 6) is 1.28. The zero-order chi connectivity index (χ0) is 27.4. The molecule has 0 saturated heterocycles. The van der Waals surface area contributed by atoms with E-state index in [1.807, 2.05) is 42.0 Å². The van der Waals surface area contributed by atoms with Crippen molar-refractivity contribution in [1.82, 2.24) is 24.4 Å². The van der Waals surface area contributed by atoms with Crippen LogP contribution >= 0.6 is 7.14 Å². The smallest absolute Gasteiger partial charge is 0.226 e. The Morgan fingerprint density at radius 3 is 2.29 bits per heavy atom. The largest absolute Gasteiger partial charge is 0.354 e. The fourth-order valence-electron chi connectivity index (χ4n) is 4.33. The minimum atomic E-state index is -2.35. The first kappa shape index (κ1) is 27.6. The lowest BCUT2D eigenvalue weighted by Gasteiger charge is -2.26. The van der Waals surface area contributed by atoms with Crippen LogP contribution in [0.2, 0.25) is 0 Å². The summed E-state index contributed by atoms with van der Waals surface area (Å²) in [4.78, 5) is 18.8. The number of hydrogen-bond acceptors (Lipinski definition) is 7. The fraction of sp³-hybridized carbons (Fsp3) is 0.345. The molecule has 0 aliphatic rings. The highest BCUT2D eigenvalue weighted by atomic mass is 31.2. The van der Waals surface area contributed by atoms with Gasteiger partial charge in [0.25, 0.3) is 0 Å². The second-order valence-corrected chi connectivity index (χ2v) is 13.4. The highest BCUT2D eigenvalue weighted by molar-refractivity contribution is 7.70. The fourth-order valence-corrected chi connectivity index (χ4v) is 5.20. The lowest BCUT2D eigenvalue weighted by Crippen LogP contribution is -2.29. The Hall–Kier alpha value is -3.48. The third kappa shape index (κ3) is 6.14.